The van der Waals surface area contributed by atoms with Crippen LogP contribution in [0.3, 0.4) is 0 Å². The standard InChI is InChI=1S/7Na.4H2O3Si.7H/c;;;;;;;4*1-4(2)3;;;;;;;/h;;;;;;;4*1-2H;;;;;;;. The van der Waals surface area contributed by atoms with Gasteiger partial charge in [0.05, 0.1) is 0 Å². The summed E-state index contributed by atoms with van der Waals surface area (Å²) in [7, 11) is -12.5. The summed E-state index contributed by atoms with van der Waals surface area (Å²) in [6.45, 7) is 0. The fraction of sp³-hybridized carbons (Fsp3) is 0. The van der Waals surface area contributed by atoms with Crippen molar-refractivity contribution in [1.82, 2.24) is 0 Å². The Balaban J connectivity index is -0.00000000842. The molecule has 0 aromatic rings. The third-order valence-electron chi connectivity index (χ3n) is 0. The zero-order chi connectivity index (χ0) is 14.3. The Bertz CT molecular complexity index is 173. The molecule has 0 saturated heterocycles. The fourth-order valence-electron chi connectivity index (χ4n) is 0. The second kappa shape index (κ2) is 63.1. The van der Waals surface area contributed by atoms with Crippen molar-refractivity contribution in [3.63, 3.8) is 0 Å². The van der Waals surface area contributed by atoms with Gasteiger partial charge in [0.25, 0.3) is 0 Å². The molecule has 0 atom stereocenters. The van der Waals surface area contributed by atoms with Crippen molar-refractivity contribution in [3.8, 4) is 0 Å². The third-order valence-corrected chi connectivity index (χ3v) is 0. The molecule has 23 heteroatoms. The molecule has 8 N–H and O–H groups in total. The molecular weight excluding hydrogens is 465 g/mol. The molecule has 0 saturated carbocycles. The SMILES string of the molecule is O=[Si](O)O.O=[Si](O)O.O=[Si](O)O.O=[Si](O)O.[NaH].[NaH].[NaH].[NaH].[NaH].[NaH].[NaH]. The average molecular weight is 480 g/mol. The molecule has 0 unspecified atom stereocenters. The van der Waals surface area contributed by atoms with Crippen LogP contribution in [0.15, 0.2) is 0 Å². The van der Waals surface area contributed by atoms with E-state index in [1.165, 1.54) is 0 Å². The van der Waals surface area contributed by atoms with E-state index in [0.29, 0.717) is 0 Å². The molecule has 0 radical (unpaired) electrons. The number of hydrogen-bond acceptors (Lipinski definition) is 4. The van der Waals surface area contributed by atoms with Crippen LogP contribution in [0.2, 0.25) is 0 Å². The van der Waals surface area contributed by atoms with Gasteiger partial charge in [0.1, 0.15) is 0 Å². The van der Waals surface area contributed by atoms with Gasteiger partial charge in [-0.15, -0.1) is 0 Å². The van der Waals surface area contributed by atoms with Crippen LogP contribution in [0.4, 0.5) is 0 Å². The van der Waals surface area contributed by atoms with Gasteiger partial charge in [-0.25, -0.2) is 0 Å². The molecule has 110 valence electrons. The second-order valence-corrected chi connectivity index (χ2v) is 3.39. The van der Waals surface area contributed by atoms with E-state index in [0.717, 1.165) is 0 Å². The van der Waals surface area contributed by atoms with Crippen molar-refractivity contribution in [2.24, 2.45) is 0 Å². The first-order chi connectivity index (χ1) is 6.93. The molecule has 12 nitrogen and oxygen atoms in total. The van der Waals surface area contributed by atoms with Crippen molar-refractivity contribution in [2.75, 3.05) is 0 Å². The van der Waals surface area contributed by atoms with Crippen molar-refractivity contribution in [3.05, 3.63) is 0 Å². The van der Waals surface area contributed by atoms with Gasteiger partial charge in [0.15, 0.2) is 0 Å². The number of rotatable bonds is 0. The summed E-state index contributed by atoms with van der Waals surface area (Å²) in [5.74, 6) is 0. The molecule has 23 heavy (non-hydrogen) atoms. The van der Waals surface area contributed by atoms with Gasteiger partial charge in [-0.1, -0.05) is 0 Å². The van der Waals surface area contributed by atoms with E-state index in [2.05, 4.69) is 0 Å². The van der Waals surface area contributed by atoms with Crippen molar-refractivity contribution in [1.29, 1.82) is 0 Å². The van der Waals surface area contributed by atoms with Crippen LogP contribution in [-0.4, -0.2) is 282 Å². The van der Waals surface area contributed by atoms with Crippen LogP contribution in [0.1, 0.15) is 0 Å². The maximum absolute atomic E-state index is 8.74. The molecule has 0 aliphatic heterocycles. The zero-order valence-corrected chi connectivity index (χ0v) is 11.2. The summed E-state index contributed by atoms with van der Waals surface area (Å²) >= 11 is 0. The first-order valence-corrected chi connectivity index (χ1v) is 7.82. The third kappa shape index (κ3) is 596. The molecule has 0 fully saturated rings. The van der Waals surface area contributed by atoms with Gasteiger partial charge in [0.2, 0.25) is 0 Å². The van der Waals surface area contributed by atoms with E-state index < -0.39 is 36.7 Å². The maximum atomic E-state index is 8.74. The van der Waals surface area contributed by atoms with E-state index >= 15 is 0 Å². The first-order valence-electron chi connectivity index (χ1n) is 2.61. The predicted molar refractivity (Wildman–Crippen MR) is 93.6 cm³/mol. The van der Waals surface area contributed by atoms with Gasteiger partial charge >= 0.3 is 244 Å². The summed E-state index contributed by atoms with van der Waals surface area (Å²) in [6.07, 6.45) is 0. The van der Waals surface area contributed by atoms with E-state index in [9.17, 15) is 0 Å². The minimum absolute atomic E-state index is 0. The molecule has 0 aromatic carbocycles. The molecular formula is H15Na7O12Si4. The Kier molecular flexibility index (Phi) is 193. The molecule has 0 spiro atoms. The van der Waals surface area contributed by atoms with Crippen LogP contribution in [0.5, 0.6) is 0 Å². The Morgan fingerprint density at radius 2 is 0.304 bits per heavy atom. The first kappa shape index (κ1) is 70.4. The summed E-state index contributed by atoms with van der Waals surface area (Å²) < 4.78 is 35.0. The van der Waals surface area contributed by atoms with Crippen LogP contribution in [0.25, 0.3) is 0 Å². The monoisotopic (exact) mass is 480 g/mol. The Morgan fingerprint density at radius 1 is 0.304 bits per heavy atom. The molecule has 0 bridgehead atoms. The molecule has 0 amide bonds. The van der Waals surface area contributed by atoms with E-state index in [-0.39, 0.29) is 207 Å². The van der Waals surface area contributed by atoms with E-state index in [4.69, 9.17) is 56.2 Å². The second-order valence-electron chi connectivity index (χ2n) is 1.13. The minimum atomic E-state index is -3.13. The summed E-state index contributed by atoms with van der Waals surface area (Å²) in [5.41, 5.74) is 0. The van der Waals surface area contributed by atoms with E-state index in [1.807, 2.05) is 0 Å². The quantitative estimate of drug-likeness (QED) is 0.151. The number of hydrogen-bond donors (Lipinski definition) is 8. The molecule has 0 heterocycles. The summed E-state index contributed by atoms with van der Waals surface area (Å²) in [4.78, 5) is 57.3. The van der Waals surface area contributed by atoms with Crippen molar-refractivity contribution in [2.45, 2.75) is 0 Å². The predicted octanol–water partition coefficient (Wildman–Crippen LogP) is -11.0. The van der Waals surface area contributed by atoms with Gasteiger partial charge < -0.3 is 38.4 Å². The van der Waals surface area contributed by atoms with Gasteiger partial charge in [-0.2, -0.15) is 0 Å². The average Bonchev–Trinajstić information content (AvgIpc) is 1.76. The normalized spacial score (nSPS) is 4.17. The van der Waals surface area contributed by atoms with Crippen LogP contribution < -0.4 is 0 Å². The fourth-order valence-corrected chi connectivity index (χ4v) is 0. The Labute approximate surface area is 292 Å². The Hall–Kier alpha value is 5.47. The summed E-state index contributed by atoms with van der Waals surface area (Å²) in [5, 5.41) is 0. The van der Waals surface area contributed by atoms with Crippen molar-refractivity contribution < 1.29 is 56.2 Å². The van der Waals surface area contributed by atoms with Gasteiger partial charge in [-0.3, -0.25) is 17.8 Å². The van der Waals surface area contributed by atoms with E-state index in [1.54, 1.807) is 0 Å². The molecule has 0 aliphatic rings. The molecule has 0 aromatic heterocycles. The molecule has 0 aliphatic carbocycles. The van der Waals surface area contributed by atoms with Gasteiger partial charge in [-0.05, 0) is 0 Å². The topological polar surface area (TPSA) is 230 Å². The van der Waals surface area contributed by atoms with Crippen molar-refractivity contribution >= 4 is 244 Å². The summed E-state index contributed by atoms with van der Waals surface area (Å²) in [6, 6.07) is 0. The zero-order valence-electron chi connectivity index (χ0n) is 7.21. The van der Waals surface area contributed by atoms with Crippen LogP contribution in [0, 0.1) is 0 Å². The Morgan fingerprint density at radius 3 is 0.304 bits per heavy atom. The van der Waals surface area contributed by atoms with Crippen LogP contribution in [-0.2, 0) is 17.8 Å². The van der Waals surface area contributed by atoms with Gasteiger partial charge in [0, 0.05) is 0 Å². The molecule has 0 rings (SSSR count). The van der Waals surface area contributed by atoms with Crippen LogP contribution >= 0.6 is 0 Å².